The second kappa shape index (κ2) is 7.03. The summed E-state index contributed by atoms with van der Waals surface area (Å²) in [5.41, 5.74) is 1.63. The lowest BCUT2D eigenvalue weighted by molar-refractivity contribution is 0.0691. The minimum atomic E-state index is -0.935. The van der Waals surface area contributed by atoms with Gasteiger partial charge in [-0.2, -0.15) is 0 Å². The Hall–Kier alpha value is -1.72. The smallest absolute Gasteiger partial charge is 0.355 e. The first-order chi connectivity index (χ1) is 11.5. The molecule has 1 aromatic heterocycles. The summed E-state index contributed by atoms with van der Waals surface area (Å²) in [5.74, 6) is -0.584. The van der Waals surface area contributed by atoms with Gasteiger partial charge < -0.3 is 10.0 Å². The third-order valence-electron chi connectivity index (χ3n) is 4.77. The number of carboxylic acids is 1. The summed E-state index contributed by atoms with van der Waals surface area (Å²) >= 11 is 1.48. The Morgan fingerprint density at radius 1 is 1.38 bits per heavy atom. The Morgan fingerprint density at radius 3 is 2.79 bits per heavy atom. The third kappa shape index (κ3) is 3.84. The van der Waals surface area contributed by atoms with Gasteiger partial charge in [-0.3, -0.25) is 0 Å². The van der Waals surface area contributed by atoms with Crippen molar-refractivity contribution in [3.05, 3.63) is 52.0 Å². The molecule has 1 N–H and O–H groups in total. The van der Waals surface area contributed by atoms with E-state index in [1.807, 2.05) is 0 Å². The molecule has 3 rings (SSSR count). The van der Waals surface area contributed by atoms with E-state index in [4.69, 9.17) is 5.11 Å². The SMILES string of the molecule is CC(C)(CN1CCCC(c2nc(C(=O)O)cs2)C1)c1ccccc1. The number of carbonyl (C=O) groups is 1. The van der Waals surface area contributed by atoms with Gasteiger partial charge in [0.05, 0.1) is 5.01 Å². The number of hydrogen-bond acceptors (Lipinski definition) is 4. The van der Waals surface area contributed by atoms with Gasteiger partial charge in [0.15, 0.2) is 5.69 Å². The number of piperidine rings is 1. The first-order valence-corrected chi connectivity index (χ1v) is 9.30. The van der Waals surface area contributed by atoms with Crippen LogP contribution in [0.2, 0.25) is 0 Å². The van der Waals surface area contributed by atoms with Gasteiger partial charge >= 0.3 is 5.97 Å². The van der Waals surface area contributed by atoms with Gasteiger partial charge in [0, 0.05) is 29.8 Å². The fourth-order valence-corrected chi connectivity index (χ4v) is 4.44. The largest absolute Gasteiger partial charge is 0.476 e. The van der Waals surface area contributed by atoms with E-state index in [-0.39, 0.29) is 11.1 Å². The molecular formula is C19H24N2O2S. The summed E-state index contributed by atoms with van der Waals surface area (Å²) in [5, 5.41) is 11.7. The maximum absolute atomic E-state index is 11.0. The van der Waals surface area contributed by atoms with E-state index in [9.17, 15) is 4.79 Å². The molecule has 1 saturated heterocycles. The van der Waals surface area contributed by atoms with E-state index < -0.39 is 5.97 Å². The summed E-state index contributed by atoms with van der Waals surface area (Å²) in [4.78, 5) is 17.9. The van der Waals surface area contributed by atoms with Crippen LogP contribution in [0.25, 0.3) is 0 Å². The molecule has 0 aliphatic carbocycles. The van der Waals surface area contributed by atoms with Gasteiger partial charge in [0.1, 0.15) is 0 Å². The number of benzene rings is 1. The van der Waals surface area contributed by atoms with E-state index in [0.29, 0.717) is 5.92 Å². The van der Waals surface area contributed by atoms with Gasteiger partial charge in [0.2, 0.25) is 0 Å². The Balaban J connectivity index is 1.68. The number of rotatable bonds is 5. The third-order valence-corrected chi connectivity index (χ3v) is 5.78. The molecule has 0 saturated carbocycles. The van der Waals surface area contributed by atoms with Crippen LogP contribution in [0.4, 0.5) is 0 Å². The molecule has 24 heavy (non-hydrogen) atoms. The summed E-state index contributed by atoms with van der Waals surface area (Å²) in [6.45, 7) is 7.65. The average molecular weight is 344 g/mol. The number of carboxylic acid groups (broad SMARTS) is 1. The number of hydrogen-bond donors (Lipinski definition) is 1. The number of likely N-dealkylation sites (tertiary alicyclic amines) is 1. The summed E-state index contributed by atoms with van der Waals surface area (Å²) < 4.78 is 0. The Morgan fingerprint density at radius 2 is 2.12 bits per heavy atom. The molecule has 0 bridgehead atoms. The lowest BCUT2D eigenvalue weighted by Gasteiger charge is -2.37. The highest BCUT2D eigenvalue weighted by Crippen LogP contribution is 2.32. The van der Waals surface area contributed by atoms with Crippen molar-refractivity contribution in [2.24, 2.45) is 0 Å². The van der Waals surface area contributed by atoms with Crippen LogP contribution in [0.3, 0.4) is 0 Å². The van der Waals surface area contributed by atoms with Crippen molar-refractivity contribution in [3.63, 3.8) is 0 Å². The molecule has 2 aromatic rings. The second-order valence-corrected chi connectivity index (χ2v) is 8.09. The molecule has 128 valence electrons. The van der Waals surface area contributed by atoms with E-state index in [0.717, 1.165) is 37.5 Å². The van der Waals surface area contributed by atoms with Crippen LogP contribution < -0.4 is 0 Å². The molecule has 1 aliphatic heterocycles. The van der Waals surface area contributed by atoms with E-state index in [1.54, 1.807) is 5.38 Å². The highest BCUT2D eigenvalue weighted by Gasteiger charge is 2.29. The molecule has 0 amide bonds. The normalized spacial score (nSPS) is 19.3. The Labute approximate surface area is 147 Å². The molecule has 1 unspecified atom stereocenters. The van der Waals surface area contributed by atoms with Crippen molar-refractivity contribution in [2.45, 2.75) is 38.0 Å². The number of thiazole rings is 1. The zero-order valence-electron chi connectivity index (χ0n) is 14.2. The van der Waals surface area contributed by atoms with Crippen molar-refractivity contribution in [3.8, 4) is 0 Å². The average Bonchev–Trinajstić information content (AvgIpc) is 3.06. The van der Waals surface area contributed by atoms with Gasteiger partial charge in [-0.25, -0.2) is 9.78 Å². The fourth-order valence-electron chi connectivity index (χ4n) is 3.51. The molecule has 0 radical (unpaired) electrons. The minimum absolute atomic E-state index is 0.0955. The molecule has 0 spiro atoms. The van der Waals surface area contributed by atoms with E-state index >= 15 is 0 Å². The van der Waals surface area contributed by atoms with Crippen LogP contribution in [0.5, 0.6) is 0 Å². The molecular weight excluding hydrogens is 320 g/mol. The summed E-state index contributed by atoms with van der Waals surface area (Å²) in [7, 11) is 0. The van der Waals surface area contributed by atoms with Gasteiger partial charge in [-0.1, -0.05) is 44.2 Å². The van der Waals surface area contributed by atoms with E-state index in [2.05, 4.69) is 54.1 Å². The summed E-state index contributed by atoms with van der Waals surface area (Å²) in [6, 6.07) is 10.6. The number of aromatic nitrogens is 1. The van der Waals surface area contributed by atoms with Crippen LogP contribution in [-0.2, 0) is 5.41 Å². The van der Waals surface area contributed by atoms with Crippen molar-refractivity contribution < 1.29 is 9.90 Å². The quantitative estimate of drug-likeness (QED) is 0.891. The Kier molecular flexibility index (Phi) is 5.01. The van der Waals surface area contributed by atoms with Crippen LogP contribution in [0.15, 0.2) is 35.7 Å². The van der Waals surface area contributed by atoms with Crippen molar-refractivity contribution in [1.29, 1.82) is 0 Å². The molecule has 2 heterocycles. The molecule has 1 aliphatic rings. The van der Waals surface area contributed by atoms with Crippen LogP contribution in [-0.4, -0.2) is 40.6 Å². The predicted molar refractivity (Wildman–Crippen MR) is 97.0 cm³/mol. The monoisotopic (exact) mass is 344 g/mol. The summed E-state index contributed by atoms with van der Waals surface area (Å²) in [6.07, 6.45) is 2.23. The van der Waals surface area contributed by atoms with Crippen molar-refractivity contribution in [2.75, 3.05) is 19.6 Å². The molecule has 1 fully saturated rings. The van der Waals surface area contributed by atoms with Crippen molar-refractivity contribution >= 4 is 17.3 Å². The standard InChI is InChI=1S/C19H24N2O2S/c1-19(2,15-8-4-3-5-9-15)13-21-10-6-7-14(11-21)17-20-16(12-24-17)18(22)23/h3-5,8-9,12,14H,6-7,10-11,13H2,1-2H3,(H,22,23). The molecule has 5 heteroatoms. The fraction of sp³-hybridized carbons (Fsp3) is 0.474. The zero-order valence-corrected chi connectivity index (χ0v) is 15.1. The zero-order chi connectivity index (χ0) is 17.2. The highest BCUT2D eigenvalue weighted by atomic mass is 32.1. The van der Waals surface area contributed by atoms with Gasteiger partial charge in [-0.15, -0.1) is 11.3 Å². The molecule has 4 nitrogen and oxygen atoms in total. The number of nitrogens with zero attached hydrogens (tertiary/aromatic N) is 2. The van der Waals surface area contributed by atoms with Crippen LogP contribution in [0, 0.1) is 0 Å². The lowest BCUT2D eigenvalue weighted by atomic mass is 9.83. The first kappa shape index (κ1) is 17.1. The maximum atomic E-state index is 11.0. The Bertz CT molecular complexity index is 696. The highest BCUT2D eigenvalue weighted by molar-refractivity contribution is 7.09. The van der Waals surface area contributed by atoms with Gasteiger partial charge in [-0.05, 0) is 24.9 Å². The topological polar surface area (TPSA) is 53.4 Å². The second-order valence-electron chi connectivity index (χ2n) is 7.20. The first-order valence-electron chi connectivity index (χ1n) is 8.42. The predicted octanol–water partition coefficient (Wildman–Crippen LogP) is 4.00. The van der Waals surface area contributed by atoms with Gasteiger partial charge in [0.25, 0.3) is 0 Å². The van der Waals surface area contributed by atoms with Crippen LogP contribution >= 0.6 is 11.3 Å². The van der Waals surface area contributed by atoms with Crippen molar-refractivity contribution in [1.82, 2.24) is 9.88 Å². The van der Waals surface area contributed by atoms with Crippen LogP contribution in [0.1, 0.15) is 53.7 Å². The van der Waals surface area contributed by atoms with E-state index in [1.165, 1.54) is 16.9 Å². The molecule has 1 aromatic carbocycles. The number of aromatic carboxylic acids is 1. The maximum Gasteiger partial charge on any atom is 0.355 e. The minimum Gasteiger partial charge on any atom is -0.476 e. The molecule has 1 atom stereocenters. The lowest BCUT2D eigenvalue weighted by Crippen LogP contribution is -2.42.